The van der Waals surface area contributed by atoms with E-state index in [0.717, 1.165) is 0 Å². The molecule has 0 bridgehead atoms. The molecule has 0 unspecified atom stereocenters. The largest absolute Gasteiger partial charge is 0.379 e. The highest BCUT2D eigenvalue weighted by Gasteiger charge is 2.17. The highest BCUT2D eigenvalue weighted by atomic mass is 32.2. The molecule has 4 heteroatoms. The Hall–Kier alpha value is -0.220. The smallest absolute Gasteiger partial charge is 0.144 e. The van der Waals surface area contributed by atoms with E-state index in [0.29, 0.717) is 6.61 Å². The molecule has 11 heavy (non-hydrogen) atoms. The lowest BCUT2D eigenvalue weighted by atomic mass is 10.3. The first-order valence-corrected chi connectivity index (χ1v) is 4.52. The maximum absolute atomic E-state index is 11.2. The van der Waals surface area contributed by atoms with Gasteiger partial charge in [0.25, 0.3) is 0 Å². The van der Waals surface area contributed by atoms with Crippen LogP contribution in [0.2, 0.25) is 0 Å². The minimum Gasteiger partial charge on any atom is -0.379 e. The van der Waals surface area contributed by atoms with Gasteiger partial charge in [-0.3, -0.25) is 0 Å². The maximum Gasteiger partial charge on any atom is 0.144 e. The summed E-state index contributed by atoms with van der Waals surface area (Å²) in [6.07, 6.45) is 1.53. The highest BCUT2D eigenvalue weighted by molar-refractivity contribution is 7.85. The first-order chi connectivity index (χ1) is 4.98. The van der Waals surface area contributed by atoms with Crippen LogP contribution in [0.1, 0.15) is 20.8 Å². The monoisotopic (exact) mass is 177 g/mol. The van der Waals surface area contributed by atoms with Gasteiger partial charge in [0.2, 0.25) is 0 Å². The van der Waals surface area contributed by atoms with Gasteiger partial charge in [0, 0.05) is 13.3 Å². The molecule has 3 nitrogen and oxygen atoms in total. The summed E-state index contributed by atoms with van der Waals surface area (Å²) in [7, 11) is 0.426. The van der Waals surface area contributed by atoms with Crippen LogP contribution >= 0.6 is 0 Å². The zero-order chi connectivity index (χ0) is 8.91. The number of nitrogens with zero attached hydrogens (tertiary/aromatic N) is 1. The van der Waals surface area contributed by atoms with Crippen LogP contribution in [0.25, 0.3) is 0 Å². The van der Waals surface area contributed by atoms with Crippen molar-refractivity contribution in [2.24, 2.45) is 4.40 Å². The van der Waals surface area contributed by atoms with Gasteiger partial charge in [-0.2, -0.15) is 4.40 Å². The molecule has 0 saturated carbocycles. The second-order valence-electron chi connectivity index (χ2n) is 3.10. The summed E-state index contributed by atoms with van der Waals surface area (Å²) < 4.78 is 19.5. The van der Waals surface area contributed by atoms with Crippen LogP contribution in [-0.4, -0.2) is 28.9 Å². The van der Waals surface area contributed by atoms with Crippen molar-refractivity contribution in [3.05, 3.63) is 0 Å². The van der Waals surface area contributed by atoms with E-state index in [9.17, 15) is 4.21 Å². The number of methoxy groups -OCH3 is 1. The Morgan fingerprint density at radius 3 is 2.45 bits per heavy atom. The number of ether oxygens (including phenoxy) is 1. The van der Waals surface area contributed by atoms with E-state index in [2.05, 4.69) is 4.40 Å². The van der Waals surface area contributed by atoms with Crippen LogP contribution in [-0.2, 0) is 15.7 Å². The lowest BCUT2D eigenvalue weighted by Crippen LogP contribution is -2.19. The normalized spacial score (nSPS) is 15.6. The summed E-state index contributed by atoms with van der Waals surface area (Å²) in [4.78, 5) is 0. The SMILES string of the molecule is COCC=N[S@@](=O)C(C)(C)C. The fourth-order valence-electron chi connectivity index (χ4n) is 0.331. The predicted octanol–water partition coefficient (Wildman–Crippen LogP) is 1.17. The van der Waals surface area contributed by atoms with Crippen molar-refractivity contribution in [3.8, 4) is 0 Å². The third-order valence-electron chi connectivity index (χ3n) is 0.935. The molecule has 0 spiro atoms. The molecular weight excluding hydrogens is 162 g/mol. The van der Waals surface area contributed by atoms with Gasteiger partial charge in [-0.1, -0.05) is 0 Å². The molecule has 0 aliphatic rings. The van der Waals surface area contributed by atoms with Crippen LogP contribution in [0.15, 0.2) is 4.40 Å². The van der Waals surface area contributed by atoms with Crippen molar-refractivity contribution >= 4 is 17.2 Å². The van der Waals surface area contributed by atoms with Gasteiger partial charge in [-0.15, -0.1) is 0 Å². The van der Waals surface area contributed by atoms with E-state index >= 15 is 0 Å². The van der Waals surface area contributed by atoms with Crippen molar-refractivity contribution in [2.75, 3.05) is 13.7 Å². The maximum atomic E-state index is 11.2. The fraction of sp³-hybridized carbons (Fsp3) is 0.857. The molecule has 0 N–H and O–H groups in total. The Morgan fingerprint density at radius 2 is 2.09 bits per heavy atom. The third-order valence-corrected chi connectivity index (χ3v) is 2.32. The van der Waals surface area contributed by atoms with Crippen LogP contribution < -0.4 is 0 Å². The molecule has 0 amide bonds. The van der Waals surface area contributed by atoms with Crippen molar-refractivity contribution < 1.29 is 8.95 Å². The van der Waals surface area contributed by atoms with Gasteiger partial charge in [0.15, 0.2) is 0 Å². The van der Waals surface area contributed by atoms with Gasteiger partial charge >= 0.3 is 0 Å². The Bertz CT molecular complexity index is 160. The first-order valence-electron chi connectivity index (χ1n) is 3.42. The summed E-state index contributed by atoms with van der Waals surface area (Å²) in [5, 5.41) is 0. The van der Waals surface area contributed by atoms with Gasteiger partial charge in [0.1, 0.15) is 11.0 Å². The first kappa shape index (κ1) is 10.8. The Labute approximate surface area is 70.4 Å². The van der Waals surface area contributed by atoms with Crippen molar-refractivity contribution in [3.63, 3.8) is 0 Å². The minimum absolute atomic E-state index is 0.274. The molecule has 0 aromatic rings. The second-order valence-corrected chi connectivity index (χ2v) is 5.04. The molecule has 66 valence electrons. The van der Waals surface area contributed by atoms with Gasteiger partial charge < -0.3 is 4.74 Å². The van der Waals surface area contributed by atoms with Crippen LogP contribution in [0.3, 0.4) is 0 Å². The van der Waals surface area contributed by atoms with Crippen LogP contribution in [0, 0.1) is 0 Å². The summed E-state index contributed by atoms with van der Waals surface area (Å²) in [6.45, 7) is 6.07. The van der Waals surface area contributed by atoms with E-state index in [1.165, 1.54) is 6.21 Å². The van der Waals surface area contributed by atoms with Crippen molar-refractivity contribution in [1.29, 1.82) is 0 Å². The van der Waals surface area contributed by atoms with Crippen molar-refractivity contribution in [1.82, 2.24) is 0 Å². The Kier molecular flexibility index (Phi) is 4.52. The average molecular weight is 177 g/mol. The average Bonchev–Trinajstić information content (AvgIpc) is 1.86. The van der Waals surface area contributed by atoms with Crippen molar-refractivity contribution in [2.45, 2.75) is 25.5 Å². The summed E-state index contributed by atoms with van der Waals surface area (Å²) in [6, 6.07) is 0. The van der Waals surface area contributed by atoms with E-state index < -0.39 is 11.0 Å². The number of rotatable bonds is 3. The summed E-state index contributed by atoms with van der Waals surface area (Å²) >= 11 is 0. The molecule has 0 heterocycles. The molecule has 0 aromatic carbocycles. The number of hydrogen-bond acceptors (Lipinski definition) is 2. The zero-order valence-corrected chi connectivity index (χ0v) is 8.27. The minimum atomic E-state index is -1.15. The molecule has 0 aromatic heterocycles. The topological polar surface area (TPSA) is 38.7 Å². The Balaban J connectivity index is 3.88. The van der Waals surface area contributed by atoms with Crippen LogP contribution in [0.5, 0.6) is 0 Å². The van der Waals surface area contributed by atoms with Gasteiger partial charge in [-0.05, 0) is 20.8 Å². The molecule has 0 aliphatic heterocycles. The lowest BCUT2D eigenvalue weighted by Gasteiger charge is -2.12. The van der Waals surface area contributed by atoms with E-state index in [1.807, 2.05) is 20.8 Å². The molecule has 0 saturated heterocycles. The third kappa shape index (κ3) is 5.09. The van der Waals surface area contributed by atoms with E-state index in [1.54, 1.807) is 7.11 Å². The molecule has 1 atom stereocenters. The summed E-state index contributed by atoms with van der Waals surface area (Å²) in [5.41, 5.74) is 0. The fourth-order valence-corrected chi connectivity index (χ4v) is 0.843. The zero-order valence-electron chi connectivity index (χ0n) is 7.46. The molecule has 0 fully saturated rings. The second kappa shape index (κ2) is 4.62. The van der Waals surface area contributed by atoms with Crippen LogP contribution in [0.4, 0.5) is 0 Å². The number of hydrogen-bond donors (Lipinski definition) is 0. The molecular formula is C7H15NO2S. The van der Waals surface area contributed by atoms with E-state index in [4.69, 9.17) is 4.74 Å². The van der Waals surface area contributed by atoms with Gasteiger partial charge in [-0.25, -0.2) is 4.21 Å². The standard InChI is InChI=1S/C7H15NO2S/c1-7(2,3)11(9)8-5-6-10-4/h5H,6H2,1-4H3/t11-/m0/s1. The van der Waals surface area contributed by atoms with Gasteiger partial charge in [0.05, 0.1) is 11.4 Å². The molecule has 0 aliphatic carbocycles. The quantitative estimate of drug-likeness (QED) is 0.607. The predicted molar refractivity (Wildman–Crippen MR) is 48.3 cm³/mol. The Morgan fingerprint density at radius 1 is 1.55 bits per heavy atom. The summed E-state index contributed by atoms with van der Waals surface area (Å²) in [5.74, 6) is 0. The van der Waals surface area contributed by atoms with E-state index in [-0.39, 0.29) is 4.75 Å². The lowest BCUT2D eigenvalue weighted by molar-refractivity contribution is 0.248. The molecule has 0 rings (SSSR count). The molecule has 0 radical (unpaired) electrons. The highest BCUT2D eigenvalue weighted by Crippen LogP contribution is 2.11.